The Morgan fingerprint density at radius 2 is 2.11 bits per heavy atom. The second-order valence-electron chi connectivity index (χ2n) is 6.77. The molecule has 0 aliphatic carbocycles. The SMILES string of the molecule is CN1CCc2cc(C(O)CNC(=O)/C=C/c3ccc4c(c3)OCO4)ccc21. The molecule has 2 aliphatic heterocycles. The number of likely N-dealkylation sites (N-methyl/N-ethyl adjacent to an activating group) is 1. The number of hydrogen-bond donors (Lipinski definition) is 2. The smallest absolute Gasteiger partial charge is 0.244 e. The summed E-state index contributed by atoms with van der Waals surface area (Å²) in [4.78, 5) is 14.2. The molecule has 1 amide bonds. The molecule has 2 heterocycles. The van der Waals surface area contributed by atoms with Crippen LogP contribution in [0.15, 0.2) is 42.5 Å². The molecule has 2 aromatic carbocycles. The monoisotopic (exact) mass is 366 g/mol. The molecule has 0 spiro atoms. The summed E-state index contributed by atoms with van der Waals surface area (Å²) in [5.41, 5.74) is 4.12. The molecule has 2 N–H and O–H groups in total. The minimum Gasteiger partial charge on any atom is -0.454 e. The third-order valence-corrected chi connectivity index (χ3v) is 4.91. The van der Waals surface area contributed by atoms with Crippen LogP contribution in [0, 0.1) is 0 Å². The molecule has 2 aromatic rings. The Labute approximate surface area is 158 Å². The lowest BCUT2D eigenvalue weighted by Crippen LogP contribution is -2.26. The van der Waals surface area contributed by atoms with E-state index in [4.69, 9.17) is 9.47 Å². The molecule has 1 atom stereocenters. The highest BCUT2D eigenvalue weighted by Gasteiger charge is 2.18. The Bertz CT molecular complexity index is 894. The summed E-state index contributed by atoms with van der Waals surface area (Å²) >= 11 is 0. The molecule has 0 saturated carbocycles. The predicted octanol–water partition coefficient (Wildman–Crippen LogP) is 2.27. The van der Waals surface area contributed by atoms with E-state index in [0.29, 0.717) is 11.5 Å². The summed E-state index contributed by atoms with van der Waals surface area (Å²) in [7, 11) is 2.06. The number of nitrogens with zero attached hydrogens (tertiary/aromatic N) is 1. The average Bonchev–Trinajstić information content (AvgIpc) is 3.30. The fourth-order valence-corrected chi connectivity index (χ4v) is 3.36. The maximum atomic E-state index is 12.0. The molecule has 4 rings (SSSR count). The van der Waals surface area contributed by atoms with Crippen molar-refractivity contribution in [1.29, 1.82) is 0 Å². The van der Waals surface area contributed by atoms with Gasteiger partial charge >= 0.3 is 0 Å². The van der Waals surface area contributed by atoms with Crippen LogP contribution in [-0.4, -0.2) is 37.9 Å². The van der Waals surface area contributed by atoms with Gasteiger partial charge in [0.1, 0.15) is 0 Å². The first-order valence-electron chi connectivity index (χ1n) is 8.98. The first-order chi connectivity index (χ1) is 13.1. The fraction of sp³-hybridized carbons (Fsp3) is 0.286. The predicted molar refractivity (Wildman–Crippen MR) is 103 cm³/mol. The summed E-state index contributed by atoms with van der Waals surface area (Å²) in [6.45, 7) is 1.38. The number of fused-ring (bicyclic) bond motifs is 2. The van der Waals surface area contributed by atoms with Crippen LogP contribution >= 0.6 is 0 Å². The van der Waals surface area contributed by atoms with E-state index in [1.165, 1.54) is 17.3 Å². The Hall–Kier alpha value is -2.99. The minimum atomic E-state index is -0.732. The molecule has 0 radical (unpaired) electrons. The molecule has 1 unspecified atom stereocenters. The third kappa shape index (κ3) is 3.75. The van der Waals surface area contributed by atoms with Crippen molar-refractivity contribution in [3.63, 3.8) is 0 Å². The molecule has 27 heavy (non-hydrogen) atoms. The Balaban J connectivity index is 1.32. The number of hydrogen-bond acceptors (Lipinski definition) is 5. The molecular formula is C21H22N2O4. The van der Waals surface area contributed by atoms with Crippen LogP contribution in [0.4, 0.5) is 5.69 Å². The van der Waals surface area contributed by atoms with Gasteiger partial charge in [-0.3, -0.25) is 4.79 Å². The van der Waals surface area contributed by atoms with Crippen LogP contribution in [0.3, 0.4) is 0 Å². The second-order valence-corrected chi connectivity index (χ2v) is 6.77. The highest BCUT2D eigenvalue weighted by molar-refractivity contribution is 5.91. The van der Waals surface area contributed by atoms with Crippen molar-refractivity contribution >= 4 is 17.7 Å². The van der Waals surface area contributed by atoms with Crippen molar-refractivity contribution in [1.82, 2.24) is 5.32 Å². The van der Waals surface area contributed by atoms with Crippen molar-refractivity contribution in [3.8, 4) is 11.5 Å². The maximum absolute atomic E-state index is 12.0. The summed E-state index contributed by atoms with van der Waals surface area (Å²) < 4.78 is 10.6. The lowest BCUT2D eigenvalue weighted by atomic mass is 10.0. The molecule has 0 saturated heterocycles. The summed E-state index contributed by atoms with van der Waals surface area (Å²) in [5.74, 6) is 1.13. The molecular weight excluding hydrogens is 344 g/mol. The van der Waals surface area contributed by atoms with E-state index in [1.807, 2.05) is 36.4 Å². The van der Waals surface area contributed by atoms with Crippen molar-refractivity contribution in [2.24, 2.45) is 0 Å². The Morgan fingerprint density at radius 1 is 1.26 bits per heavy atom. The molecule has 0 aromatic heterocycles. The fourth-order valence-electron chi connectivity index (χ4n) is 3.36. The van der Waals surface area contributed by atoms with Crippen LogP contribution in [0.25, 0.3) is 6.08 Å². The van der Waals surface area contributed by atoms with Gasteiger partial charge in [0.2, 0.25) is 12.7 Å². The quantitative estimate of drug-likeness (QED) is 0.795. The van der Waals surface area contributed by atoms with E-state index in [9.17, 15) is 9.90 Å². The number of carbonyl (C=O) groups is 1. The van der Waals surface area contributed by atoms with Gasteiger partial charge in [0.25, 0.3) is 0 Å². The number of ether oxygens (including phenoxy) is 2. The lowest BCUT2D eigenvalue weighted by Gasteiger charge is -2.15. The first kappa shape index (κ1) is 17.4. The first-order valence-corrected chi connectivity index (χ1v) is 8.98. The van der Waals surface area contributed by atoms with Crippen LogP contribution < -0.4 is 19.7 Å². The van der Waals surface area contributed by atoms with Gasteiger partial charge in [-0.2, -0.15) is 0 Å². The van der Waals surface area contributed by atoms with Crippen molar-refractivity contribution < 1.29 is 19.4 Å². The topological polar surface area (TPSA) is 71.0 Å². The number of benzene rings is 2. The summed E-state index contributed by atoms with van der Waals surface area (Å²) in [5, 5.41) is 13.1. The van der Waals surface area contributed by atoms with Gasteiger partial charge in [0.05, 0.1) is 6.10 Å². The van der Waals surface area contributed by atoms with Crippen molar-refractivity contribution in [3.05, 3.63) is 59.2 Å². The van der Waals surface area contributed by atoms with Gasteiger partial charge in [-0.15, -0.1) is 0 Å². The zero-order valence-corrected chi connectivity index (χ0v) is 15.1. The molecule has 6 nitrogen and oxygen atoms in total. The average molecular weight is 366 g/mol. The van der Waals surface area contributed by atoms with Gasteiger partial charge in [-0.1, -0.05) is 18.2 Å². The lowest BCUT2D eigenvalue weighted by molar-refractivity contribution is -0.116. The number of rotatable bonds is 5. The van der Waals surface area contributed by atoms with Crippen molar-refractivity contribution in [2.45, 2.75) is 12.5 Å². The summed E-state index contributed by atoms with van der Waals surface area (Å²) in [6, 6.07) is 11.5. The molecule has 0 bridgehead atoms. The molecule has 2 aliphatic rings. The Morgan fingerprint density at radius 3 is 3.00 bits per heavy atom. The molecule has 6 heteroatoms. The van der Waals surface area contributed by atoms with Gasteiger partial charge in [-0.05, 0) is 47.4 Å². The van der Waals surface area contributed by atoms with Gasteiger partial charge < -0.3 is 24.8 Å². The highest BCUT2D eigenvalue weighted by Crippen LogP contribution is 2.33. The van der Waals surface area contributed by atoms with Crippen LogP contribution in [0.1, 0.15) is 22.8 Å². The van der Waals surface area contributed by atoms with E-state index in [-0.39, 0.29) is 19.2 Å². The number of carbonyl (C=O) groups excluding carboxylic acids is 1. The van der Waals surface area contributed by atoms with Crippen LogP contribution in [0.5, 0.6) is 11.5 Å². The van der Waals surface area contributed by atoms with E-state index >= 15 is 0 Å². The zero-order chi connectivity index (χ0) is 18.8. The maximum Gasteiger partial charge on any atom is 0.244 e. The zero-order valence-electron chi connectivity index (χ0n) is 15.1. The van der Waals surface area contributed by atoms with E-state index < -0.39 is 6.10 Å². The third-order valence-electron chi connectivity index (χ3n) is 4.91. The molecule has 0 fully saturated rings. The number of amides is 1. The van der Waals surface area contributed by atoms with E-state index in [1.54, 1.807) is 6.08 Å². The van der Waals surface area contributed by atoms with Crippen LogP contribution in [-0.2, 0) is 11.2 Å². The number of aliphatic hydroxyl groups is 1. The largest absolute Gasteiger partial charge is 0.454 e. The van der Waals surface area contributed by atoms with Crippen molar-refractivity contribution in [2.75, 3.05) is 31.8 Å². The summed E-state index contributed by atoms with van der Waals surface area (Å²) in [6.07, 6.45) is 3.40. The van der Waals surface area contributed by atoms with E-state index in [0.717, 1.165) is 24.1 Å². The Kier molecular flexibility index (Phi) is 4.73. The second kappa shape index (κ2) is 7.32. The highest BCUT2D eigenvalue weighted by atomic mass is 16.7. The molecule has 140 valence electrons. The number of anilines is 1. The van der Waals surface area contributed by atoms with Crippen LogP contribution in [0.2, 0.25) is 0 Å². The van der Waals surface area contributed by atoms with Gasteiger partial charge in [0.15, 0.2) is 11.5 Å². The van der Waals surface area contributed by atoms with Gasteiger partial charge in [-0.25, -0.2) is 0 Å². The number of aliphatic hydroxyl groups excluding tert-OH is 1. The standard InChI is InChI=1S/C21H22N2O4/c1-23-9-8-15-11-16(4-5-17(15)23)18(24)12-22-21(25)7-3-14-2-6-19-20(10-14)27-13-26-19/h2-7,10-11,18,24H,8-9,12-13H2,1H3,(H,22,25)/b7-3+. The minimum absolute atomic E-state index is 0.166. The number of nitrogens with one attached hydrogen (secondary N) is 1. The van der Waals surface area contributed by atoms with Gasteiger partial charge in [0, 0.05) is 31.9 Å². The normalized spacial score (nSPS) is 15.9. The van der Waals surface area contributed by atoms with E-state index in [2.05, 4.69) is 17.3 Å².